The smallest absolute Gasteiger partial charge is 0.275 e. The van der Waals surface area contributed by atoms with Crippen LogP contribution in [0.5, 0.6) is 0 Å². The van der Waals surface area contributed by atoms with E-state index in [9.17, 15) is 45.9 Å². The van der Waals surface area contributed by atoms with Crippen LogP contribution in [0.3, 0.4) is 0 Å². The second-order valence-corrected chi connectivity index (χ2v) is 23.9. The van der Waals surface area contributed by atoms with E-state index >= 15 is 0 Å². The van der Waals surface area contributed by atoms with Gasteiger partial charge in [0, 0.05) is 6.07 Å². The van der Waals surface area contributed by atoms with Crippen LogP contribution in [0.2, 0.25) is 0 Å². The zero-order valence-electron chi connectivity index (χ0n) is 57.1. The first-order valence-corrected chi connectivity index (χ1v) is 32.8. The number of benzene rings is 13. The van der Waals surface area contributed by atoms with Gasteiger partial charge in [-0.25, -0.2) is 0 Å². The van der Waals surface area contributed by atoms with Gasteiger partial charge in [0.25, 0.3) is 5.69 Å². The Labute approximate surface area is 586 Å². The molecule has 0 spiro atoms. The number of nitrogens with zero attached hydrogens (tertiary/aromatic N) is 1. The lowest BCUT2D eigenvalue weighted by atomic mass is 9.89. The van der Waals surface area contributed by atoms with Gasteiger partial charge in [0.1, 0.15) is 0 Å². The molecule has 0 bridgehead atoms. The molecule has 17 heteroatoms. The minimum atomic E-state index is -0.579. The third-order valence-electron chi connectivity index (χ3n) is 17.9. The summed E-state index contributed by atoms with van der Waals surface area (Å²) in [5, 5.41) is 151. The van der Waals surface area contributed by atoms with Gasteiger partial charge >= 0.3 is 0 Å². The van der Waals surface area contributed by atoms with Crippen LogP contribution in [0.1, 0.15) is 100 Å². The summed E-state index contributed by atoms with van der Waals surface area (Å²) < 4.78 is 0. The second-order valence-electron chi connectivity index (χ2n) is 23.9. The third-order valence-corrected chi connectivity index (χ3v) is 17.9. The predicted octanol–water partition coefficient (Wildman–Crippen LogP) is 12.8. The highest BCUT2D eigenvalue weighted by atomic mass is 16.6. The van der Waals surface area contributed by atoms with Crippen molar-refractivity contribution in [2.24, 2.45) is 0 Å². The van der Waals surface area contributed by atoms with Gasteiger partial charge in [-0.05, 0) is 229 Å². The van der Waals surface area contributed by atoms with E-state index in [2.05, 4.69) is 48.5 Å². The van der Waals surface area contributed by atoms with Crippen LogP contribution in [0.4, 0.5) is 5.69 Å². The summed E-state index contributed by atoms with van der Waals surface area (Å²) in [5.74, 6) is 0. The van der Waals surface area contributed by atoms with E-state index < -0.39 is 4.92 Å². The van der Waals surface area contributed by atoms with Crippen LogP contribution >= 0.6 is 0 Å². The Bertz CT molecular complexity index is 4690. The van der Waals surface area contributed by atoms with Gasteiger partial charge < -0.3 is 71.5 Å². The zero-order valence-corrected chi connectivity index (χ0v) is 57.1. The number of nitro groups is 1. The Morgan fingerprint density at radius 1 is 0.238 bits per heavy atom. The van der Waals surface area contributed by atoms with Crippen molar-refractivity contribution in [3.05, 3.63) is 323 Å². The molecular formula is C84H89NO16. The standard InChI is InChI=1S/2C16H14O2.2C12H12O2.C12H18O2.C8H9NO4.C8H10O2/c17-9-11-5-14-7-12-3-1-2-4-13(12)8-16(14)15(6-11)10-18;17-9-13-5-6-14(10-18)16-8-12-4-2-1-3-11(12)7-15(13)16;13-7-9-5-10-3-1-2-4-12(10)11(6-9)8-14;13-7-9-5-6-10(8-14)12-4-2-1-3-11(9)12;1-7-8(2)12(6-14)10(4)9(3)11(7)5-13;10-4-6-1-2-7(5-11)8(3-6)9(12)13;9-5-7-1-2-8(6-10)4-3-7/h2*1-8,17-18H,9-10H2;2*1-6,13-14H,7-8H2;13-14H,5-6H2,1-4H3;1-3,10-11H,4-5H2;1-4,9-10H,5-6H2. The van der Waals surface area contributed by atoms with Crippen molar-refractivity contribution in [2.75, 3.05) is 0 Å². The van der Waals surface area contributed by atoms with Crippen molar-refractivity contribution in [1.29, 1.82) is 0 Å². The summed E-state index contributed by atoms with van der Waals surface area (Å²) in [4.78, 5) is 9.88. The van der Waals surface area contributed by atoms with Crippen molar-refractivity contribution in [2.45, 2.75) is 120 Å². The number of hydrogen-bond acceptors (Lipinski definition) is 16. The first kappa shape index (κ1) is 78.6. The fourth-order valence-corrected chi connectivity index (χ4v) is 11.9. The second kappa shape index (κ2) is 39.3. The first-order valence-electron chi connectivity index (χ1n) is 32.8. The van der Waals surface area contributed by atoms with Gasteiger partial charge in [-0.3, -0.25) is 10.1 Å². The minimum absolute atomic E-state index is 0.00420. The molecule has 14 N–H and O–H groups in total. The summed E-state index contributed by atoms with van der Waals surface area (Å²) in [7, 11) is 0. The molecule has 0 aliphatic heterocycles. The summed E-state index contributed by atoms with van der Waals surface area (Å²) in [6.07, 6.45) is 0. The number of fused-ring (bicyclic) bond motifs is 6. The van der Waals surface area contributed by atoms with Gasteiger partial charge in [0.05, 0.1) is 103 Å². The molecule has 526 valence electrons. The molecule has 13 rings (SSSR count). The quantitative estimate of drug-likeness (QED) is 0.0258. The number of aliphatic hydroxyl groups is 14. The van der Waals surface area contributed by atoms with Crippen molar-refractivity contribution < 1.29 is 76.4 Å². The van der Waals surface area contributed by atoms with E-state index in [-0.39, 0.29) is 104 Å². The fourth-order valence-electron chi connectivity index (χ4n) is 11.9. The molecule has 0 heterocycles. The molecule has 0 atom stereocenters. The maximum Gasteiger partial charge on any atom is 0.275 e. The number of aliphatic hydroxyl groups excluding tert-OH is 14. The van der Waals surface area contributed by atoms with Crippen molar-refractivity contribution in [3.8, 4) is 0 Å². The number of rotatable bonds is 15. The molecule has 13 aromatic carbocycles. The van der Waals surface area contributed by atoms with Gasteiger partial charge in [0.15, 0.2) is 0 Å². The average molecular weight is 1370 g/mol. The molecule has 13 aromatic rings. The Morgan fingerprint density at radius 2 is 0.535 bits per heavy atom. The van der Waals surface area contributed by atoms with E-state index in [1.165, 1.54) is 17.5 Å². The van der Waals surface area contributed by atoms with Crippen LogP contribution in [-0.4, -0.2) is 76.4 Å². The highest BCUT2D eigenvalue weighted by molar-refractivity contribution is 6.02. The summed E-state index contributed by atoms with van der Waals surface area (Å²) in [6, 6.07) is 66.7. The topological polar surface area (TPSA) is 326 Å². The molecule has 0 radical (unpaired) electrons. The largest absolute Gasteiger partial charge is 0.392 e. The Morgan fingerprint density at radius 3 is 0.891 bits per heavy atom. The predicted molar refractivity (Wildman–Crippen MR) is 399 cm³/mol. The normalized spacial score (nSPS) is 10.7. The van der Waals surface area contributed by atoms with Crippen LogP contribution < -0.4 is 0 Å². The molecule has 0 saturated heterocycles. The van der Waals surface area contributed by atoms with Crippen molar-refractivity contribution in [3.63, 3.8) is 0 Å². The number of nitro benzene ring substituents is 1. The monoisotopic (exact) mass is 1370 g/mol. The van der Waals surface area contributed by atoms with Crippen LogP contribution in [0.15, 0.2) is 212 Å². The summed E-state index contributed by atoms with van der Waals surface area (Å²) >= 11 is 0. The molecule has 101 heavy (non-hydrogen) atoms. The fraction of sp³-hybridized carbons (Fsp3) is 0.214. The lowest BCUT2D eigenvalue weighted by Gasteiger charge is -2.18. The zero-order chi connectivity index (χ0) is 73.1. The van der Waals surface area contributed by atoms with Crippen LogP contribution in [0, 0.1) is 37.8 Å². The SMILES string of the molecule is Cc1c(C)c(CO)c(C)c(C)c1CO.O=[N+]([O-])c1cc(CO)ccc1CO.OCc1cc(CO)c2cc3ccccc3cc2c1.OCc1cc(CO)c2ccccc2c1.OCc1ccc(CO)c2cc3ccccc3cc12.OCc1ccc(CO)c2ccccc12.OCc1ccc(CO)cc1. The van der Waals surface area contributed by atoms with E-state index in [1.807, 2.05) is 149 Å². The average Bonchev–Trinajstić information content (AvgIpc) is 0.791. The highest BCUT2D eigenvalue weighted by Gasteiger charge is 2.15. The van der Waals surface area contributed by atoms with Gasteiger partial charge in [-0.15, -0.1) is 0 Å². The van der Waals surface area contributed by atoms with E-state index in [1.54, 1.807) is 30.3 Å². The van der Waals surface area contributed by atoms with E-state index in [0.717, 1.165) is 148 Å². The molecule has 0 unspecified atom stereocenters. The van der Waals surface area contributed by atoms with Crippen molar-refractivity contribution in [1.82, 2.24) is 0 Å². The Balaban J connectivity index is 0.000000167. The lowest BCUT2D eigenvalue weighted by Crippen LogP contribution is -2.05. The van der Waals surface area contributed by atoms with E-state index in [0.29, 0.717) is 5.56 Å². The van der Waals surface area contributed by atoms with Crippen LogP contribution in [0.25, 0.3) is 64.6 Å². The minimum Gasteiger partial charge on any atom is -0.392 e. The van der Waals surface area contributed by atoms with Gasteiger partial charge in [-0.2, -0.15) is 0 Å². The molecule has 0 aliphatic rings. The number of hydrogen-bond donors (Lipinski definition) is 14. The summed E-state index contributed by atoms with van der Waals surface area (Å²) in [6.45, 7) is 7.73. The maximum absolute atomic E-state index is 10.5. The molecule has 0 amide bonds. The first-order chi connectivity index (χ1) is 48.9. The molecule has 0 aliphatic carbocycles. The molecule has 0 fully saturated rings. The maximum atomic E-state index is 10.5. The third kappa shape index (κ3) is 20.1. The highest BCUT2D eigenvalue weighted by Crippen LogP contribution is 2.32. The van der Waals surface area contributed by atoms with Crippen LogP contribution in [-0.2, 0) is 92.5 Å². The molecule has 17 nitrogen and oxygen atoms in total. The lowest BCUT2D eigenvalue weighted by molar-refractivity contribution is -0.385. The Kier molecular flexibility index (Phi) is 30.6. The Hall–Kier alpha value is -9.74. The molecule has 0 aromatic heterocycles. The van der Waals surface area contributed by atoms with Gasteiger partial charge in [0.2, 0.25) is 0 Å². The summed E-state index contributed by atoms with van der Waals surface area (Å²) in [5.41, 5.74) is 15.7. The molecular weight excluding hydrogens is 1280 g/mol. The van der Waals surface area contributed by atoms with Gasteiger partial charge in [-0.1, -0.05) is 164 Å². The van der Waals surface area contributed by atoms with E-state index in [4.69, 9.17) is 35.7 Å². The van der Waals surface area contributed by atoms with Crippen molar-refractivity contribution >= 4 is 70.3 Å². The molecule has 0 saturated carbocycles.